The van der Waals surface area contributed by atoms with Crippen molar-refractivity contribution in [1.82, 2.24) is 0 Å². The standard InChI is InChI=1S/C13H13NO/c1-14-12-9-5-6-10-13(12)15-11-7-3-2-4-8-11/h2-10,14H,1H3/p+1. The zero-order chi connectivity index (χ0) is 10.5. The molecule has 0 spiro atoms. The quantitative estimate of drug-likeness (QED) is 0.756. The number of quaternary nitrogens is 1. The molecule has 0 unspecified atom stereocenters. The van der Waals surface area contributed by atoms with Crippen molar-refractivity contribution in [2.75, 3.05) is 7.05 Å². The van der Waals surface area contributed by atoms with Crippen molar-refractivity contribution in [3.05, 3.63) is 54.6 Å². The molecule has 0 fully saturated rings. The van der Waals surface area contributed by atoms with E-state index in [4.69, 9.17) is 4.74 Å². The first kappa shape index (κ1) is 9.74. The van der Waals surface area contributed by atoms with Gasteiger partial charge in [0, 0.05) is 6.07 Å². The molecule has 2 aromatic rings. The summed E-state index contributed by atoms with van der Waals surface area (Å²) in [5.74, 6) is 1.76. The van der Waals surface area contributed by atoms with Gasteiger partial charge in [-0.1, -0.05) is 30.3 Å². The van der Waals surface area contributed by atoms with Gasteiger partial charge in [0.25, 0.3) is 0 Å². The fourth-order valence-electron chi connectivity index (χ4n) is 1.43. The Kier molecular flexibility index (Phi) is 3.00. The molecule has 76 valence electrons. The molecule has 2 N–H and O–H groups in total. The minimum Gasteiger partial charge on any atom is -0.451 e. The Balaban J connectivity index is 2.24. The maximum Gasteiger partial charge on any atom is 0.187 e. The van der Waals surface area contributed by atoms with Crippen LogP contribution in [0.5, 0.6) is 11.5 Å². The van der Waals surface area contributed by atoms with E-state index in [9.17, 15) is 0 Å². The first-order valence-electron chi connectivity index (χ1n) is 5.01. The third kappa shape index (κ3) is 2.36. The van der Waals surface area contributed by atoms with Crippen molar-refractivity contribution in [3.63, 3.8) is 0 Å². The van der Waals surface area contributed by atoms with Crippen LogP contribution >= 0.6 is 0 Å². The topological polar surface area (TPSA) is 25.8 Å². The van der Waals surface area contributed by atoms with Crippen molar-refractivity contribution in [2.24, 2.45) is 0 Å². The zero-order valence-corrected chi connectivity index (χ0v) is 8.68. The van der Waals surface area contributed by atoms with Gasteiger partial charge in [-0.05, 0) is 18.2 Å². The highest BCUT2D eigenvalue weighted by Gasteiger charge is 2.04. The van der Waals surface area contributed by atoms with Crippen LogP contribution in [0.15, 0.2) is 54.6 Å². The molecule has 15 heavy (non-hydrogen) atoms. The number of hydrogen-bond acceptors (Lipinski definition) is 1. The van der Waals surface area contributed by atoms with Crippen LogP contribution in [0.25, 0.3) is 0 Å². The van der Waals surface area contributed by atoms with Crippen LogP contribution < -0.4 is 10.1 Å². The maximum absolute atomic E-state index is 5.77. The van der Waals surface area contributed by atoms with E-state index in [1.165, 1.54) is 0 Å². The van der Waals surface area contributed by atoms with Gasteiger partial charge in [-0.3, -0.25) is 0 Å². The molecule has 0 aliphatic heterocycles. The largest absolute Gasteiger partial charge is 0.451 e. The lowest BCUT2D eigenvalue weighted by atomic mass is 10.3. The Hall–Kier alpha value is -1.80. The highest BCUT2D eigenvalue weighted by molar-refractivity contribution is 5.47. The average Bonchev–Trinajstić information content (AvgIpc) is 2.31. The molecule has 0 bridgehead atoms. The number of ether oxygens (including phenoxy) is 1. The highest BCUT2D eigenvalue weighted by atomic mass is 16.5. The Morgan fingerprint density at radius 3 is 2.27 bits per heavy atom. The molecule has 0 aliphatic rings. The van der Waals surface area contributed by atoms with Gasteiger partial charge >= 0.3 is 0 Å². The number of rotatable bonds is 3. The summed E-state index contributed by atoms with van der Waals surface area (Å²) < 4.78 is 5.77. The Morgan fingerprint density at radius 1 is 0.867 bits per heavy atom. The first-order chi connectivity index (χ1) is 7.40. The third-order valence-electron chi connectivity index (χ3n) is 2.20. The van der Waals surface area contributed by atoms with Crippen LogP contribution in [0.1, 0.15) is 0 Å². The molecule has 0 aliphatic carbocycles. The van der Waals surface area contributed by atoms with E-state index in [-0.39, 0.29) is 0 Å². The lowest BCUT2D eigenvalue weighted by molar-refractivity contribution is -0.539. The summed E-state index contributed by atoms with van der Waals surface area (Å²) in [7, 11) is 2.01. The van der Waals surface area contributed by atoms with Gasteiger partial charge in [-0.2, -0.15) is 0 Å². The summed E-state index contributed by atoms with van der Waals surface area (Å²) in [6, 6.07) is 17.8. The van der Waals surface area contributed by atoms with E-state index in [0.29, 0.717) is 0 Å². The first-order valence-corrected chi connectivity index (χ1v) is 5.01. The second-order valence-electron chi connectivity index (χ2n) is 3.24. The van der Waals surface area contributed by atoms with Gasteiger partial charge < -0.3 is 10.1 Å². The van der Waals surface area contributed by atoms with E-state index in [1.807, 2.05) is 67.0 Å². The number of nitrogens with two attached hydrogens (primary N) is 1. The van der Waals surface area contributed by atoms with E-state index in [0.717, 1.165) is 17.2 Å². The molecule has 2 rings (SSSR count). The maximum atomic E-state index is 5.77. The van der Waals surface area contributed by atoms with Crippen LogP contribution in [-0.2, 0) is 0 Å². The summed E-state index contributed by atoms with van der Waals surface area (Å²) in [5, 5.41) is 2.04. The lowest BCUT2D eigenvalue weighted by Gasteiger charge is -2.07. The molecule has 0 aromatic heterocycles. The predicted octanol–water partition coefficient (Wildman–Crippen LogP) is 2.30. The molecule has 2 heteroatoms. The summed E-state index contributed by atoms with van der Waals surface area (Å²) in [6.45, 7) is 0. The van der Waals surface area contributed by atoms with Crippen molar-refractivity contribution in [2.45, 2.75) is 0 Å². The summed E-state index contributed by atoms with van der Waals surface area (Å²) in [5.41, 5.74) is 1.11. The summed E-state index contributed by atoms with van der Waals surface area (Å²) in [6.07, 6.45) is 0. The van der Waals surface area contributed by atoms with Gasteiger partial charge in [0.15, 0.2) is 11.4 Å². The molecular weight excluding hydrogens is 186 g/mol. The number of benzene rings is 2. The number of hydrogen-bond donors (Lipinski definition) is 1. The molecule has 0 saturated heterocycles. The van der Waals surface area contributed by atoms with Crippen LogP contribution in [0.3, 0.4) is 0 Å². The highest BCUT2D eigenvalue weighted by Crippen LogP contribution is 2.25. The van der Waals surface area contributed by atoms with E-state index in [2.05, 4.69) is 0 Å². The van der Waals surface area contributed by atoms with Gasteiger partial charge in [-0.15, -0.1) is 0 Å². The van der Waals surface area contributed by atoms with Crippen molar-refractivity contribution in [1.29, 1.82) is 0 Å². The van der Waals surface area contributed by atoms with Crippen LogP contribution in [0, 0.1) is 0 Å². The number of para-hydroxylation sites is 3. The fraction of sp³-hybridized carbons (Fsp3) is 0.0769. The SMILES string of the molecule is C[NH2+]c1ccccc1Oc1ccccc1. The smallest absolute Gasteiger partial charge is 0.187 e. The van der Waals surface area contributed by atoms with Gasteiger partial charge in [0.2, 0.25) is 0 Å². The zero-order valence-electron chi connectivity index (χ0n) is 8.68. The monoisotopic (exact) mass is 200 g/mol. The second kappa shape index (κ2) is 4.62. The normalized spacial score (nSPS) is 9.93. The van der Waals surface area contributed by atoms with E-state index < -0.39 is 0 Å². The van der Waals surface area contributed by atoms with Gasteiger partial charge in [-0.25, -0.2) is 0 Å². The van der Waals surface area contributed by atoms with Crippen LogP contribution in [0.2, 0.25) is 0 Å². The Bertz CT molecular complexity index is 426. The van der Waals surface area contributed by atoms with Gasteiger partial charge in [0.1, 0.15) is 5.75 Å². The second-order valence-corrected chi connectivity index (χ2v) is 3.24. The van der Waals surface area contributed by atoms with Crippen molar-refractivity contribution < 1.29 is 10.1 Å². The van der Waals surface area contributed by atoms with Crippen LogP contribution in [-0.4, -0.2) is 7.05 Å². The molecular formula is C13H14NO+. The molecule has 2 aromatic carbocycles. The minimum absolute atomic E-state index is 0.867. The van der Waals surface area contributed by atoms with Crippen molar-refractivity contribution >= 4 is 5.69 Å². The molecule has 0 heterocycles. The lowest BCUT2D eigenvalue weighted by Crippen LogP contribution is -2.72. The molecule has 2 nitrogen and oxygen atoms in total. The summed E-state index contributed by atoms with van der Waals surface area (Å²) >= 11 is 0. The van der Waals surface area contributed by atoms with Gasteiger partial charge in [0.05, 0.1) is 7.05 Å². The molecule has 0 amide bonds. The Labute approximate surface area is 89.5 Å². The molecule has 0 atom stereocenters. The molecule has 0 radical (unpaired) electrons. The summed E-state index contributed by atoms with van der Waals surface area (Å²) in [4.78, 5) is 0. The van der Waals surface area contributed by atoms with E-state index in [1.54, 1.807) is 0 Å². The van der Waals surface area contributed by atoms with E-state index >= 15 is 0 Å². The predicted molar refractivity (Wildman–Crippen MR) is 60.5 cm³/mol. The minimum atomic E-state index is 0.867. The third-order valence-corrected chi connectivity index (χ3v) is 2.20. The van der Waals surface area contributed by atoms with Crippen LogP contribution in [0.4, 0.5) is 5.69 Å². The average molecular weight is 200 g/mol. The fourth-order valence-corrected chi connectivity index (χ4v) is 1.43. The van der Waals surface area contributed by atoms with Crippen molar-refractivity contribution in [3.8, 4) is 11.5 Å². The Morgan fingerprint density at radius 2 is 1.53 bits per heavy atom. The molecule has 0 saturated carbocycles.